The number of rotatable bonds is 0. The zero-order chi connectivity index (χ0) is 5.98. The van der Waals surface area contributed by atoms with E-state index in [0.29, 0.717) is 5.75 Å². The number of phenols is 1. The Balaban J connectivity index is 3.13. The second-order valence-corrected chi connectivity index (χ2v) is 2.26. The van der Waals surface area contributed by atoms with Crippen molar-refractivity contribution in [1.29, 1.82) is 0 Å². The number of hydrogen-bond acceptors (Lipinski definition) is 1. The molecule has 0 heterocycles. The van der Waals surface area contributed by atoms with Crippen LogP contribution < -0.4 is 4.04 Å². The van der Waals surface area contributed by atoms with Crippen LogP contribution in [0.5, 0.6) is 5.75 Å². The van der Waals surface area contributed by atoms with Crippen molar-refractivity contribution in [3.8, 4) is 5.75 Å². The fourth-order valence-corrected chi connectivity index (χ4v) is 0.720. The molecule has 0 saturated heterocycles. The summed E-state index contributed by atoms with van der Waals surface area (Å²) in [6.07, 6.45) is 0. The Morgan fingerprint density at radius 2 is 1.88 bits per heavy atom. The molecule has 0 aliphatic rings. The quantitative estimate of drug-likeness (QED) is 0.606. The van der Waals surface area contributed by atoms with Crippen LogP contribution in [-0.4, -0.2) is 5.11 Å². The van der Waals surface area contributed by atoms with Crippen LogP contribution in [0.2, 0.25) is 0 Å². The van der Waals surface area contributed by atoms with E-state index in [1.54, 1.807) is 18.2 Å². The molecule has 1 nitrogen and oxygen atoms in total. The van der Waals surface area contributed by atoms with Crippen molar-refractivity contribution in [2.45, 2.75) is 0 Å². The molecule has 0 atom stereocenters. The fraction of sp³-hybridized carbons (Fsp3) is 0. The van der Waals surface area contributed by atoms with Gasteiger partial charge in [0.15, 0.2) is 0 Å². The van der Waals surface area contributed by atoms with E-state index in [0.717, 1.165) is 4.04 Å². The van der Waals surface area contributed by atoms with Gasteiger partial charge >= 0.3 is 58.4 Å². The maximum absolute atomic E-state index is 8.88. The molecular weight excluding hydrogens is 194 g/mol. The molecule has 0 aromatic heterocycles. The molecule has 0 unspecified atom stereocenters. The molecule has 0 fully saturated rings. The first-order chi connectivity index (χ1) is 3.80. The number of phenolic OH excluding ortho intramolecular Hbond substituents is 1. The predicted octanol–water partition coefficient (Wildman–Crippen LogP) is 0.564. The van der Waals surface area contributed by atoms with Crippen LogP contribution in [0.3, 0.4) is 0 Å². The van der Waals surface area contributed by atoms with E-state index >= 15 is 0 Å². The Morgan fingerprint density at radius 1 is 1.25 bits per heavy atom. The van der Waals surface area contributed by atoms with E-state index in [4.69, 9.17) is 5.11 Å². The van der Waals surface area contributed by atoms with Crippen LogP contribution in [0.15, 0.2) is 24.3 Å². The molecule has 1 aromatic carbocycles. The first-order valence-corrected chi connectivity index (χ1v) is 2.99. The Morgan fingerprint density at radius 3 is 2.25 bits per heavy atom. The van der Waals surface area contributed by atoms with E-state index in [2.05, 4.69) is 19.2 Å². The molecule has 0 aliphatic heterocycles. The second-order valence-electron chi connectivity index (χ2n) is 1.42. The van der Waals surface area contributed by atoms with Gasteiger partial charge in [-0.3, -0.25) is 0 Å². The number of aromatic hydroxyl groups is 1. The van der Waals surface area contributed by atoms with Crippen molar-refractivity contribution in [2.75, 3.05) is 0 Å². The minimum absolute atomic E-state index is 0.301. The zero-order valence-corrected chi connectivity index (χ0v) is 5.63. The van der Waals surface area contributed by atoms with Gasteiger partial charge in [-0.25, -0.2) is 0 Å². The molecule has 0 radical (unpaired) electrons. The average molecular weight is 200 g/mol. The summed E-state index contributed by atoms with van der Waals surface area (Å²) >= 11 is 2.89. The van der Waals surface area contributed by atoms with Crippen molar-refractivity contribution in [1.82, 2.24) is 0 Å². The average Bonchev–Trinajstić information content (AvgIpc) is 1.77. The molecule has 0 saturated carbocycles. The summed E-state index contributed by atoms with van der Waals surface area (Å²) in [5.74, 6) is 0.301. The molecule has 2 heteroatoms. The van der Waals surface area contributed by atoms with Gasteiger partial charge in [0.05, 0.1) is 0 Å². The minimum atomic E-state index is 0.301. The molecule has 1 N–H and O–H groups in total. The number of para-hydroxylation sites is 1. The van der Waals surface area contributed by atoms with Gasteiger partial charge in [-0.15, -0.1) is 0 Å². The van der Waals surface area contributed by atoms with Gasteiger partial charge in [-0.2, -0.15) is 0 Å². The summed E-state index contributed by atoms with van der Waals surface area (Å²) in [4.78, 5) is 0. The van der Waals surface area contributed by atoms with Crippen molar-refractivity contribution in [3.63, 3.8) is 0 Å². The monoisotopic (exact) mass is 199 g/mol. The zero-order valence-electron chi connectivity index (χ0n) is 4.07. The standard InChI is InChI=1S/C6H5O.Pd/c7-6-4-2-1-3-5-6;/h1-4,7H;. The summed E-state index contributed by atoms with van der Waals surface area (Å²) in [6.45, 7) is 0. The van der Waals surface area contributed by atoms with Gasteiger partial charge < -0.3 is 0 Å². The summed E-state index contributed by atoms with van der Waals surface area (Å²) in [5.41, 5.74) is 0. The molecule has 1 aromatic rings. The van der Waals surface area contributed by atoms with E-state index in [1.807, 2.05) is 6.07 Å². The van der Waals surface area contributed by atoms with Crippen molar-refractivity contribution in [2.24, 2.45) is 0 Å². The molecule has 1 rings (SSSR count). The molecule has 8 heavy (non-hydrogen) atoms. The van der Waals surface area contributed by atoms with Crippen LogP contribution in [0.1, 0.15) is 0 Å². The fourth-order valence-electron chi connectivity index (χ4n) is 0.441. The van der Waals surface area contributed by atoms with Crippen LogP contribution in [-0.2, 0) is 19.2 Å². The summed E-state index contributed by atoms with van der Waals surface area (Å²) in [6, 6.07) is 7.09. The Hall–Kier alpha value is -0.318. The normalized spacial score (nSPS) is 9.25. The molecule has 0 spiro atoms. The molecule has 0 bridgehead atoms. The second kappa shape index (κ2) is 2.30. The molecular formula is C6H5OPd. The van der Waals surface area contributed by atoms with E-state index in [-0.39, 0.29) is 0 Å². The Kier molecular flexibility index (Phi) is 1.67. The Bertz CT molecular complexity index is 165. The summed E-state index contributed by atoms with van der Waals surface area (Å²) in [7, 11) is 0. The van der Waals surface area contributed by atoms with Gasteiger partial charge in [-0.05, 0) is 0 Å². The van der Waals surface area contributed by atoms with Crippen molar-refractivity contribution >= 4 is 4.04 Å². The Labute approximate surface area is 58.8 Å². The van der Waals surface area contributed by atoms with E-state index in [1.165, 1.54) is 0 Å². The van der Waals surface area contributed by atoms with Gasteiger partial charge in [0.1, 0.15) is 0 Å². The van der Waals surface area contributed by atoms with Crippen LogP contribution in [0.25, 0.3) is 0 Å². The summed E-state index contributed by atoms with van der Waals surface area (Å²) in [5, 5.41) is 8.88. The third kappa shape index (κ3) is 1.09. The maximum atomic E-state index is 8.88. The first-order valence-electron chi connectivity index (χ1n) is 2.21. The van der Waals surface area contributed by atoms with Gasteiger partial charge in [-0.1, -0.05) is 0 Å². The van der Waals surface area contributed by atoms with Crippen molar-refractivity contribution < 1.29 is 24.3 Å². The van der Waals surface area contributed by atoms with Crippen LogP contribution in [0, 0.1) is 0 Å². The third-order valence-electron chi connectivity index (χ3n) is 0.826. The SMILES string of the molecule is Oc1cccc[c]1[Pd]. The van der Waals surface area contributed by atoms with Gasteiger partial charge in [0.25, 0.3) is 0 Å². The molecule has 0 amide bonds. The topological polar surface area (TPSA) is 20.2 Å². The number of benzene rings is 1. The molecule has 0 aliphatic carbocycles. The van der Waals surface area contributed by atoms with Gasteiger partial charge in [0.2, 0.25) is 0 Å². The van der Waals surface area contributed by atoms with E-state index in [9.17, 15) is 0 Å². The first kappa shape index (κ1) is 5.81. The predicted molar refractivity (Wildman–Crippen MR) is 27.7 cm³/mol. The van der Waals surface area contributed by atoms with Crippen LogP contribution in [0.4, 0.5) is 0 Å². The number of hydrogen-bond donors (Lipinski definition) is 1. The van der Waals surface area contributed by atoms with Crippen LogP contribution >= 0.6 is 0 Å². The molecule has 45 valence electrons. The summed E-state index contributed by atoms with van der Waals surface area (Å²) < 4.78 is 0.774. The third-order valence-corrected chi connectivity index (χ3v) is 1.48. The van der Waals surface area contributed by atoms with Crippen molar-refractivity contribution in [3.05, 3.63) is 24.3 Å². The van der Waals surface area contributed by atoms with E-state index < -0.39 is 0 Å². The van der Waals surface area contributed by atoms with Gasteiger partial charge in [0, 0.05) is 0 Å².